The van der Waals surface area contributed by atoms with Crippen LogP contribution in [0, 0.1) is 0 Å². The van der Waals surface area contributed by atoms with Gasteiger partial charge in [-0.05, 0) is 6.07 Å². The van der Waals surface area contributed by atoms with Crippen molar-refractivity contribution in [1.29, 1.82) is 0 Å². The molecule has 0 radical (unpaired) electrons. The van der Waals surface area contributed by atoms with Crippen LogP contribution >= 0.6 is 46.1 Å². The Bertz CT molecular complexity index is 424. The largest absolute Gasteiger partial charge is 0.377 e. The zero-order chi connectivity index (χ0) is 12.4. The van der Waals surface area contributed by atoms with Crippen molar-refractivity contribution in [2.75, 3.05) is 25.6 Å². The summed E-state index contributed by atoms with van der Waals surface area (Å²) < 4.78 is 6.21. The van der Waals surface area contributed by atoms with Crippen LogP contribution in [0.1, 0.15) is 10.4 Å². The Morgan fingerprint density at radius 1 is 1.59 bits per heavy atom. The van der Waals surface area contributed by atoms with Gasteiger partial charge in [0, 0.05) is 12.4 Å². The normalized spacial score (nSPS) is 20.6. The highest BCUT2D eigenvalue weighted by atomic mass is 35.5. The molecule has 0 bridgehead atoms. The zero-order valence-electron chi connectivity index (χ0n) is 8.79. The summed E-state index contributed by atoms with van der Waals surface area (Å²) in [6.45, 7) is 1.51. The Labute approximate surface area is 118 Å². The van der Waals surface area contributed by atoms with E-state index in [4.69, 9.17) is 39.5 Å². The summed E-state index contributed by atoms with van der Waals surface area (Å²) in [6.07, 6.45) is 0. The quantitative estimate of drug-likeness (QED) is 0.785. The van der Waals surface area contributed by atoms with Gasteiger partial charge in [-0.2, -0.15) is 0 Å². The van der Waals surface area contributed by atoms with Crippen molar-refractivity contribution < 1.29 is 9.53 Å². The lowest BCUT2D eigenvalue weighted by Crippen LogP contribution is -2.49. The molecule has 1 aliphatic heterocycles. The molecule has 17 heavy (non-hydrogen) atoms. The van der Waals surface area contributed by atoms with Crippen molar-refractivity contribution in [2.45, 2.75) is 6.04 Å². The van der Waals surface area contributed by atoms with Gasteiger partial charge in [-0.25, -0.2) is 0 Å². The predicted octanol–water partition coefficient (Wildman–Crippen LogP) is 3.13. The SMILES string of the molecule is O=C(c1cc(Cl)sc1Cl)N1CCOCC1CCl. The minimum atomic E-state index is -0.132. The average Bonchev–Trinajstić information content (AvgIpc) is 2.67. The van der Waals surface area contributed by atoms with E-state index in [2.05, 4.69) is 0 Å². The van der Waals surface area contributed by atoms with Gasteiger partial charge >= 0.3 is 0 Å². The first-order valence-corrected chi connectivity index (χ1v) is 7.13. The van der Waals surface area contributed by atoms with Crippen LogP contribution in [0.3, 0.4) is 0 Å². The van der Waals surface area contributed by atoms with Gasteiger partial charge in [-0.3, -0.25) is 4.79 Å². The predicted molar refractivity (Wildman–Crippen MR) is 70.7 cm³/mol. The van der Waals surface area contributed by atoms with Crippen LogP contribution in [0.15, 0.2) is 6.07 Å². The molecule has 3 nitrogen and oxygen atoms in total. The Morgan fingerprint density at radius 2 is 2.35 bits per heavy atom. The number of nitrogens with zero attached hydrogens (tertiary/aromatic N) is 1. The third-order valence-electron chi connectivity index (χ3n) is 2.55. The zero-order valence-corrected chi connectivity index (χ0v) is 11.9. The van der Waals surface area contributed by atoms with Crippen molar-refractivity contribution in [3.05, 3.63) is 20.3 Å². The first-order valence-electron chi connectivity index (χ1n) is 5.03. The molecule has 0 aromatic carbocycles. The number of alkyl halides is 1. The van der Waals surface area contributed by atoms with E-state index in [1.807, 2.05) is 0 Å². The maximum Gasteiger partial charge on any atom is 0.256 e. The van der Waals surface area contributed by atoms with Crippen molar-refractivity contribution in [1.82, 2.24) is 4.90 Å². The standard InChI is InChI=1S/C10H10Cl3NO2S/c11-4-6-5-16-2-1-14(6)10(15)7-3-8(12)17-9(7)13/h3,6H,1-2,4-5H2. The molecule has 1 aliphatic rings. The van der Waals surface area contributed by atoms with Crippen LogP contribution in [-0.2, 0) is 4.74 Å². The summed E-state index contributed by atoms with van der Waals surface area (Å²) in [5.74, 6) is 0.216. The first kappa shape index (κ1) is 13.4. The molecule has 1 fully saturated rings. The average molecular weight is 315 g/mol. The van der Waals surface area contributed by atoms with E-state index in [1.165, 1.54) is 11.3 Å². The smallest absolute Gasteiger partial charge is 0.256 e. The number of amides is 1. The maximum absolute atomic E-state index is 12.3. The second-order valence-corrected chi connectivity index (χ2v) is 6.21. The fourth-order valence-corrected chi connectivity index (χ4v) is 3.39. The van der Waals surface area contributed by atoms with E-state index in [0.29, 0.717) is 39.9 Å². The van der Waals surface area contributed by atoms with Crippen LogP contribution < -0.4 is 0 Å². The molecule has 0 spiro atoms. The lowest BCUT2D eigenvalue weighted by atomic mass is 10.2. The fraction of sp³-hybridized carbons (Fsp3) is 0.500. The van der Waals surface area contributed by atoms with Gasteiger partial charge in [0.1, 0.15) is 4.34 Å². The number of rotatable bonds is 2. The molecule has 0 aliphatic carbocycles. The lowest BCUT2D eigenvalue weighted by Gasteiger charge is -2.34. The van der Waals surface area contributed by atoms with Crippen molar-refractivity contribution in [3.63, 3.8) is 0 Å². The fourth-order valence-electron chi connectivity index (χ4n) is 1.69. The van der Waals surface area contributed by atoms with E-state index in [9.17, 15) is 4.79 Å². The number of hydrogen-bond acceptors (Lipinski definition) is 3. The molecule has 0 N–H and O–H groups in total. The summed E-state index contributed by atoms with van der Waals surface area (Å²) in [6, 6.07) is 1.49. The first-order chi connectivity index (χ1) is 8.13. The second kappa shape index (κ2) is 5.76. The van der Waals surface area contributed by atoms with Gasteiger partial charge in [0.2, 0.25) is 0 Å². The number of halogens is 3. The molecule has 7 heteroatoms. The Kier molecular flexibility index (Phi) is 4.55. The van der Waals surface area contributed by atoms with Gasteiger partial charge < -0.3 is 9.64 Å². The molecular weight excluding hydrogens is 305 g/mol. The highest BCUT2D eigenvalue weighted by Crippen LogP contribution is 2.32. The Morgan fingerprint density at radius 3 is 2.94 bits per heavy atom. The molecule has 1 atom stereocenters. The molecule has 1 unspecified atom stereocenters. The summed E-state index contributed by atoms with van der Waals surface area (Å²) in [7, 11) is 0. The number of hydrogen-bond donors (Lipinski definition) is 0. The number of ether oxygens (including phenoxy) is 1. The van der Waals surface area contributed by atoms with Crippen LogP contribution in [0.2, 0.25) is 8.67 Å². The van der Waals surface area contributed by atoms with Gasteiger partial charge in [0.05, 0.1) is 29.2 Å². The van der Waals surface area contributed by atoms with E-state index in [-0.39, 0.29) is 11.9 Å². The third kappa shape index (κ3) is 2.88. The monoisotopic (exact) mass is 313 g/mol. The molecule has 1 saturated heterocycles. The van der Waals surface area contributed by atoms with E-state index in [0.717, 1.165) is 0 Å². The molecule has 1 aromatic rings. The summed E-state index contributed by atoms with van der Waals surface area (Å²) >= 11 is 18.8. The van der Waals surface area contributed by atoms with Crippen LogP contribution in [0.4, 0.5) is 0 Å². The maximum atomic E-state index is 12.3. The summed E-state index contributed by atoms with van der Waals surface area (Å²) in [5, 5.41) is 0. The topological polar surface area (TPSA) is 29.5 Å². The molecule has 2 heterocycles. The number of morpholine rings is 1. The van der Waals surface area contributed by atoms with Gasteiger partial charge in [0.25, 0.3) is 5.91 Å². The van der Waals surface area contributed by atoms with Gasteiger partial charge in [-0.15, -0.1) is 22.9 Å². The van der Waals surface area contributed by atoms with Crippen molar-refractivity contribution in [3.8, 4) is 0 Å². The van der Waals surface area contributed by atoms with Gasteiger partial charge in [0.15, 0.2) is 0 Å². The van der Waals surface area contributed by atoms with E-state index in [1.54, 1.807) is 11.0 Å². The number of thiophene rings is 1. The van der Waals surface area contributed by atoms with Crippen LogP contribution in [0.5, 0.6) is 0 Å². The van der Waals surface area contributed by atoms with Crippen molar-refractivity contribution >= 4 is 52.0 Å². The summed E-state index contributed by atoms with van der Waals surface area (Å²) in [5.41, 5.74) is 0.443. The van der Waals surface area contributed by atoms with E-state index >= 15 is 0 Å². The van der Waals surface area contributed by atoms with E-state index < -0.39 is 0 Å². The number of carbonyl (C=O) groups excluding carboxylic acids is 1. The third-order valence-corrected chi connectivity index (χ3v) is 4.40. The van der Waals surface area contributed by atoms with Crippen molar-refractivity contribution in [2.24, 2.45) is 0 Å². The highest BCUT2D eigenvalue weighted by Gasteiger charge is 2.29. The molecule has 1 aromatic heterocycles. The summed E-state index contributed by atoms with van der Waals surface area (Å²) in [4.78, 5) is 14.0. The van der Waals surface area contributed by atoms with Crippen LogP contribution in [0.25, 0.3) is 0 Å². The molecule has 94 valence electrons. The highest BCUT2D eigenvalue weighted by molar-refractivity contribution is 7.20. The Balaban J connectivity index is 2.21. The molecular formula is C10H10Cl3NO2S. The molecule has 0 saturated carbocycles. The Hall–Kier alpha value is -0.000000000000000111. The second-order valence-electron chi connectivity index (χ2n) is 3.62. The van der Waals surface area contributed by atoms with Gasteiger partial charge in [-0.1, -0.05) is 23.2 Å². The molecule has 1 amide bonds. The minimum Gasteiger partial charge on any atom is -0.377 e. The minimum absolute atomic E-state index is 0.104. The van der Waals surface area contributed by atoms with Crippen LogP contribution in [-0.4, -0.2) is 42.5 Å². The lowest BCUT2D eigenvalue weighted by molar-refractivity contribution is 0.00460. The molecule has 2 rings (SSSR count). The number of carbonyl (C=O) groups is 1.